The molecule has 0 radical (unpaired) electrons. The van der Waals surface area contributed by atoms with E-state index in [0.717, 1.165) is 51.4 Å². The van der Waals surface area contributed by atoms with E-state index in [1.807, 2.05) is 19.9 Å². The van der Waals surface area contributed by atoms with Crippen molar-refractivity contribution in [3.63, 3.8) is 0 Å². The molecule has 105 heavy (non-hydrogen) atoms. The number of aliphatic hydroxyl groups is 17. The molecule has 0 aromatic carbocycles. The van der Waals surface area contributed by atoms with E-state index in [4.69, 9.17) is 61.6 Å². The van der Waals surface area contributed by atoms with Gasteiger partial charge in [-0.1, -0.05) is 59.8 Å². The molecule has 5 saturated carbocycles. The fourth-order valence-corrected chi connectivity index (χ4v) is 20.8. The van der Waals surface area contributed by atoms with Crippen molar-refractivity contribution in [3.05, 3.63) is 23.8 Å². The number of nitrogens with one attached hydrogen (secondary N) is 1. The van der Waals surface area contributed by atoms with Crippen molar-refractivity contribution >= 4 is 11.9 Å². The summed E-state index contributed by atoms with van der Waals surface area (Å²) in [6.45, 7) is 16.2. The topological polar surface area (TPSA) is 510 Å². The van der Waals surface area contributed by atoms with Crippen LogP contribution in [0.25, 0.3) is 0 Å². The summed E-state index contributed by atoms with van der Waals surface area (Å²) in [5, 5.41) is 192. The molecule has 0 aromatic heterocycles. The van der Waals surface area contributed by atoms with Crippen molar-refractivity contribution in [1.29, 1.82) is 0 Å². The van der Waals surface area contributed by atoms with Crippen LogP contribution in [-0.2, 0) is 71.2 Å². The largest absolute Gasteiger partial charge is 0.461 e. The van der Waals surface area contributed by atoms with Crippen LogP contribution in [-0.4, -0.2) is 328 Å². The van der Waals surface area contributed by atoms with E-state index < -0.39 is 234 Å². The molecule has 18 N–H and O–H groups in total. The van der Waals surface area contributed by atoms with Gasteiger partial charge in [-0.3, -0.25) is 4.79 Å². The number of hydrogen-bond acceptors (Lipinski definition) is 32. The van der Waals surface area contributed by atoms with Gasteiger partial charge in [0.2, 0.25) is 5.91 Å². The summed E-state index contributed by atoms with van der Waals surface area (Å²) in [7, 11) is 0. The Morgan fingerprint density at radius 3 is 1.55 bits per heavy atom. The smallest absolute Gasteiger partial charge is 0.329 e. The third-order valence-corrected chi connectivity index (χ3v) is 27.6. The van der Waals surface area contributed by atoms with Gasteiger partial charge in [0.15, 0.2) is 37.7 Å². The molecule has 7 saturated heterocycles. The zero-order chi connectivity index (χ0) is 76.4. The molecule has 33 heteroatoms. The van der Waals surface area contributed by atoms with Gasteiger partial charge in [-0.25, -0.2) is 4.79 Å². The first-order chi connectivity index (χ1) is 49.4. The van der Waals surface area contributed by atoms with Gasteiger partial charge in [0.05, 0.1) is 44.7 Å². The number of allylic oxidation sites excluding steroid dienone is 3. The van der Waals surface area contributed by atoms with E-state index >= 15 is 0 Å². The first-order valence-electron chi connectivity index (χ1n) is 37.5. The van der Waals surface area contributed by atoms with Crippen LogP contribution in [0.2, 0.25) is 0 Å². The first kappa shape index (κ1) is 81.7. The lowest BCUT2D eigenvalue weighted by atomic mass is 9.42. The Labute approximate surface area is 609 Å². The molecule has 33 nitrogen and oxygen atoms in total. The average Bonchev–Trinajstić information content (AvgIpc) is 1.46. The van der Waals surface area contributed by atoms with Crippen LogP contribution in [0.5, 0.6) is 0 Å². The second-order valence-corrected chi connectivity index (χ2v) is 33.4. The second kappa shape index (κ2) is 31.3. The minimum absolute atomic E-state index is 0.00304. The summed E-state index contributed by atoms with van der Waals surface area (Å²) < 4.78 is 79.7. The number of aliphatic hydroxyl groups excluding tert-OH is 17. The van der Waals surface area contributed by atoms with Gasteiger partial charge < -0.3 is 154 Å². The number of carbonyl (C=O) groups excluding carboxylic acids is 2. The van der Waals surface area contributed by atoms with Gasteiger partial charge in [0.25, 0.3) is 0 Å². The Morgan fingerprint density at radius 2 is 0.971 bits per heavy atom. The molecule has 0 unspecified atom stereocenters. The number of amides is 1. The van der Waals surface area contributed by atoms with E-state index in [1.165, 1.54) is 13.8 Å². The van der Waals surface area contributed by atoms with Crippen molar-refractivity contribution in [2.75, 3.05) is 26.4 Å². The van der Waals surface area contributed by atoms with Crippen molar-refractivity contribution in [2.24, 2.45) is 56.7 Å². The molecular formula is C72H115NO32. The van der Waals surface area contributed by atoms with E-state index in [0.29, 0.717) is 23.8 Å². The fraction of sp³-hybridized carbons (Fsp3) is 0.917. The summed E-state index contributed by atoms with van der Waals surface area (Å²) in [6, 6.07) is -0.706. The number of hydrogen-bond donors (Lipinski definition) is 18. The highest BCUT2D eigenvalue weighted by Gasteiger charge is 2.82. The number of carbonyl (C=O) groups is 2. The third-order valence-electron chi connectivity index (χ3n) is 27.6. The lowest BCUT2D eigenvalue weighted by molar-refractivity contribution is -0.409. The lowest BCUT2D eigenvalue weighted by Gasteiger charge is -2.63. The van der Waals surface area contributed by atoms with Crippen LogP contribution >= 0.6 is 0 Å². The second-order valence-electron chi connectivity index (χ2n) is 33.4. The minimum Gasteiger partial charge on any atom is -0.461 e. The van der Waals surface area contributed by atoms with E-state index in [-0.39, 0.29) is 51.4 Å². The summed E-state index contributed by atoms with van der Waals surface area (Å²) >= 11 is 0. The van der Waals surface area contributed by atoms with E-state index in [1.54, 1.807) is 13.0 Å². The molecule has 12 rings (SSSR count). The van der Waals surface area contributed by atoms with Gasteiger partial charge in [0.1, 0.15) is 146 Å². The summed E-state index contributed by atoms with van der Waals surface area (Å²) in [5.41, 5.74) is -0.147. The number of rotatable bonds is 21. The molecule has 0 bridgehead atoms. The van der Waals surface area contributed by atoms with E-state index in [9.17, 15) is 96.4 Å². The van der Waals surface area contributed by atoms with Crippen LogP contribution in [0.1, 0.15) is 127 Å². The Balaban J connectivity index is 0.808. The Bertz CT molecular complexity index is 3060. The number of esters is 1. The maximum absolute atomic E-state index is 13.2. The van der Waals surface area contributed by atoms with Crippen molar-refractivity contribution in [2.45, 2.75) is 330 Å². The summed E-state index contributed by atoms with van der Waals surface area (Å²) in [4.78, 5) is 25.7. The van der Waals surface area contributed by atoms with Crippen molar-refractivity contribution in [1.82, 2.24) is 5.32 Å². The quantitative estimate of drug-likeness (QED) is 0.0225. The monoisotopic (exact) mass is 1510 g/mol. The zero-order valence-corrected chi connectivity index (χ0v) is 61.1. The normalized spacial score (nSPS) is 53.7. The first-order valence-corrected chi connectivity index (χ1v) is 37.5. The van der Waals surface area contributed by atoms with Crippen molar-refractivity contribution < 1.29 is 158 Å². The number of fused-ring (bicyclic) bond motifs is 2. The van der Waals surface area contributed by atoms with Crippen LogP contribution in [0, 0.1) is 56.7 Å². The fourth-order valence-electron chi connectivity index (χ4n) is 20.8. The molecule has 7 aliphatic heterocycles. The number of cyclic esters (lactones) is 1. The van der Waals surface area contributed by atoms with Crippen LogP contribution in [0.15, 0.2) is 23.8 Å². The van der Waals surface area contributed by atoms with Crippen molar-refractivity contribution in [3.8, 4) is 0 Å². The van der Waals surface area contributed by atoms with Gasteiger partial charge in [-0.2, -0.15) is 0 Å². The molecule has 5 aliphatic carbocycles. The lowest BCUT2D eigenvalue weighted by Crippen LogP contribution is -2.68. The van der Waals surface area contributed by atoms with Crippen LogP contribution < -0.4 is 5.32 Å². The minimum atomic E-state index is -2.19. The molecule has 600 valence electrons. The summed E-state index contributed by atoms with van der Waals surface area (Å²) in [6.07, 6.45) is -41.4. The standard InChI is InChI=1S/C72H115NO32/c1-27(12-11-13-28(2)60(91)73-41-29(3)30(4)94-61(41)92)33-16-18-70(10)39-15-14-38-68(7,8)40(17-19-71(38)26-72(39,71)21-20-69(33,70)9)101-66-59(55(90)56(36(24-76)99-66)102-62-52(87)47(82)42(77)31(5)95-62)105-67-58(104-63-53(88)48(83)43(78)32(6)96-63)51(86)46(81)37(100-67)25-93-65-57(50(85)45(80)35(23-75)98-65)103-64-54(89)49(84)44(79)34(22-74)97-64/h11-13,27,29-59,62-67,74-90H,14-26H2,1-10H3,(H,73,91)/b12-11+,28-13+/t27-,29-,30-,31+,32+,33-,34-,35-,36-,37-,38+,39+,40+,41+,42+,43+,44-,45-,46-,47-,48-,49+,50+,51+,52-,53-,54-,55+,56-,57-,58-,59-,62+,63+,64+,65-,66+,67+,69-,70+,71-,72+/m1/s1. The molecule has 1 amide bonds. The average molecular weight is 1510 g/mol. The Kier molecular flexibility index (Phi) is 24.4. The SMILES string of the molecule is C/C(=C\C=C\[C@@H](C)[C@H]1CC[C@@]2(C)[C@@H]3CC[C@H]4C(C)(C)[C@@H](O[C@@H]5O[C@H](CO)[C@@H](O[C@@H]6O[C@@H](C)[C@H](O)[C@@H](O)[C@H]6O)[C@H](O)[C@H]5O[C@@H]5O[C@H](CO[C@@H]6O[C@H](CO)[C@@H](O)[C@H](O)[C@H]6O[C@@H]6O[C@H](CO)[C@@H](O)[C@H](O)[C@H]6O)[C@@H](O)[C@H](O)[C@H]5O[C@@H]5O[C@@H](C)[C@H](O)[C@@H](O)[C@H]5O)CC[C@@]45C[C@@]35CC[C@]12C)C(=O)N[C@@H]1C(=O)O[C@H](C)[C@H]1C. The van der Waals surface area contributed by atoms with Crippen LogP contribution in [0.3, 0.4) is 0 Å². The van der Waals surface area contributed by atoms with Gasteiger partial charge in [-0.05, 0) is 136 Å². The van der Waals surface area contributed by atoms with E-state index in [2.05, 4.69) is 46.0 Å². The zero-order valence-electron chi connectivity index (χ0n) is 61.1. The molecule has 12 fully saturated rings. The maximum atomic E-state index is 13.2. The Hall–Kier alpha value is -2.74. The number of ether oxygens (including phenoxy) is 13. The molecule has 0 aromatic rings. The predicted octanol–water partition coefficient (Wildman–Crippen LogP) is -4.01. The summed E-state index contributed by atoms with van der Waals surface area (Å²) in [5.74, 6) is 0.192. The Morgan fingerprint density at radius 1 is 0.495 bits per heavy atom. The third kappa shape index (κ3) is 14.3. The van der Waals surface area contributed by atoms with Crippen LogP contribution in [0.4, 0.5) is 0 Å². The maximum Gasteiger partial charge on any atom is 0.329 e. The molecule has 2 spiro atoms. The van der Waals surface area contributed by atoms with Gasteiger partial charge in [-0.15, -0.1) is 0 Å². The highest BCUT2D eigenvalue weighted by Crippen LogP contribution is 2.89. The molecular weight excluding hydrogens is 1390 g/mol. The highest BCUT2D eigenvalue weighted by molar-refractivity contribution is 5.96. The molecule has 42 atom stereocenters. The predicted molar refractivity (Wildman–Crippen MR) is 355 cm³/mol. The molecule has 7 heterocycles. The molecule has 12 aliphatic rings. The van der Waals surface area contributed by atoms with Gasteiger partial charge >= 0.3 is 5.97 Å². The highest BCUT2D eigenvalue weighted by atomic mass is 16.8. The van der Waals surface area contributed by atoms with Gasteiger partial charge in [0, 0.05) is 11.5 Å².